The van der Waals surface area contributed by atoms with E-state index >= 15 is 0 Å². The molecule has 2 rings (SSSR count). The number of carbonyl (C=O) groups is 1. The van der Waals surface area contributed by atoms with Gasteiger partial charge in [-0.15, -0.1) is 0 Å². The quantitative estimate of drug-likeness (QED) is 0.359. The van der Waals surface area contributed by atoms with Crippen LogP contribution in [-0.4, -0.2) is 86.7 Å². The molecule has 0 aromatic rings. The smallest absolute Gasteiger partial charge is 0.234 e. The summed E-state index contributed by atoms with van der Waals surface area (Å²) < 4.78 is 5.66. The van der Waals surface area contributed by atoms with E-state index < -0.39 is 0 Å². The predicted molar refractivity (Wildman–Crippen MR) is 101 cm³/mol. The molecular formula is C18H35N5O2. The first-order chi connectivity index (χ1) is 12.1. The highest BCUT2D eigenvalue weighted by atomic mass is 16.5. The molecule has 7 heteroatoms. The van der Waals surface area contributed by atoms with Crippen molar-refractivity contribution in [2.45, 2.75) is 39.7 Å². The molecule has 1 saturated carbocycles. The molecule has 0 spiro atoms. The second-order valence-corrected chi connectivity index (χ2v) is 7.24. The number of amides is 1. The highest BCUT2D eigenvalue weighted by molar-refractivity contribution is 5.80. The van der Waals surface area contributed by atoms with Crippen LogP contribution in [0.3, 0.4) is 0 Å². The van der Waals surface area contributed by atoms with E-state index in [0.29, 0.717) is 19.7 Å². The highest BCUT2D eigenvalue weighted by Gasteiger charge is 2.22. The minimum atomic E-state index is 0.108. The Morgan fingerprint density at radius 1 is 1.24 bits per heavy atom. The number of nitrogens with one attached hydrogen (secondary N) is 2. The lowest BCUT2D eigenvalue weighted by Gasteiger charge is -2.36. The summed E-state index contributed by atoms with van der Waals surface area (Å²) in [5.41, 5.74) is 0. The van der Waals surface area contributed by atoms with Gasteiger partial charge in [0.2, 0.25) is 5.91 Å². The van der Waals surface area contributed by atoms with Crippen LogP contribution in [0.2, 0.25) is 0 Å². The first kappa shape index (κ1) is 20.0. The molecule has 2 fully saturated rings. The molecule has 1 saturated heterocycles. The Morgan fingerprint density at radius 2 is 1.96 bits per heavy atom. The normalized spacial score (nSPS) is 19.4. The molecule has 25 heavy (non-hydrogen) atoms. The molecule has 1 heterocycles. The minimum absolute atomic E-state index is 0.108. The molecule has 2 aliphatic rings. The van der Waals surface area contributed by atoms with E-state index in [-0.39, 0.29) is 11.9 Å². The first-order valence-corrected chi connectivity index (χ1v) is 9.71. The van der Waals surface area contributed by atoms with E-state index in [9.17, 15) is 4.79 Å². The molecule has 0 aromatic heterocycles. The lowest BCUT2D eigenvalue weighted by molar-refractivity contribution is -0.123. The van der Waals surface area contributed by atoms with E-state index in [4.69, 9.17) is 4.74 Å². The lowest BCUT2D eigenvalue weighted by atomic mass is 10.3. The van der Waals surface area contributed by atoms with Gasteiger partial charge in [-0.2, -0.15) is 0 Å². The van der Waals surface area contributed by atoms with Crippen LogP contribution >= 0.6 is 0 Å². The number of hydrogen-bond acceptors (Lipinski definition) is 4. The number of nitrogens with zero attached hydrogens (tertiary/aromatic N) is 3. The predicted octanol–water partition coefficient (Wildman–Crippen LogP) is 0.521. The topological polar surface area (TPSA) is 69.2 Å². The number of guanidine groups is 1. The lowest BCUT2D eigenvalue weighted by Crippen LogP contribution is -2.54. The van der Waals surface area contributed by atoms with Crippen molar-refractivity contribution in [3.05, 3.63) is 0 Å². The van der Waals surface area contributed by atoms with Crippen LogP contribution in [0.1, 0.15) is 33.6 Å². The summed E-state index contributed by atoms with van der Waals surface area (Å²) in [5, 5.41) is 6.32. The molecule has 0 unspecified atom stereocenters. The Hall–Kier alpha value is -1.34. The maximum Gasteiger partial charge on any atom is 0.234 e. The van der Waals surface area contributed by atoms with E-state index in [0.717, 1.165) is 51.2 Å². The van der Waals surface area contributed by atoms with Gasteiger partial charge in [-0.3, -0.25) is 14.7 Å². The van der Waals surface area contributed by atoms with Crippen molar-refractivity contribution in [2.75, 3.05) is 59.0 Å². The van der Waals surface area contributed by atoms with Gasteiger partial charge < -0.3 is 20.3 Å². The molecule has 1 amide bonds. The molecule has 0 atom stereocenters. The zero-order valence-corrected chi connectivity index (χ0v) is 16.1. The summed E-state index contributed by atoms with van der Waals surface area (Å²) in [4.78, 5) is 21.1. The Bertz CT molecular complexity index is 429. The average Bonchev–Trinajstić information content (AvgIpc) is 3.38. The van der Waals surface area contributed by atoms with Crippen molar-refractivity contribution in [3.8, 4) is 0 Å². The molecule has 2 N–H and O–H groups in total. The van der Waals surface area contributed by atoms with Gasteiger partial charge in [0.05, 0.1) is 19.7 Å². The summed E-state index contributed by atoms with van der Waals surface area (Å²) in [6, 6.07) is 0.198. The van der Waals surface area contributed by atoms with Crippen LogP contribution in [0.4, 0.5) is 0 Å². The first-order valence-electron chi connectivity index (χ1n) is 9.71. The van der Waals surface area contributed by atoms with Crippen LogP contribution in [-0.2, 0) is 9.53 Å². The second-order valence-electron chi connectivity index (χ2n) is 7.24. The van der Waals surface area contributed by atoms with Crippen molar-refractivity contribution in [1.29, 1.82) is 0 Å². The number of aliphatic imine (C=N–C) groups is 1. The van der Waals surface area contributed by atoms with Gasteiger partial charge in [-0.1, -0.05) is 0 Å². The van der Waals surface area contributed by atoms with Crippen molar-refractivity contribution in [2.24, 2.45) is 10.9 Å². The van der Waals surface area contributed by atoms with Gasteiger partial charge >= 0.3 is 0 Å². The van der Waals surface area contributed by atoms with Crippen LogP contribution in [0.5, 0.6) is 0 Å². The van der Waals surface area contributed by atoms with Gasteiger partial charge in [0.1, 0.15) is 0 Å². The second kappa shape index (κ2) is 10.6. The van der Waals surface area contributed by atoms with Gasteiger partial charge in [-0.25, -0.2) is 0 Å². The molecule has 0 bridgehead atoms. The van der Waals surface area contributed by atoms with Crippen LogP contribution in [0.15, 0.2) is 4.99 Å². The van der Waals surface area contributed by atoms with Crippen molar-refractivity contribution < 1.29 is 9.53 Å². The molecule has 0 aromatic carbocycles. The maximum atomic E-state index is 11.9. The average molecular weight is 354 g/mol. The molecule has 0 radical (unpaired) electrons. The fourth-order valence-electron chi connectivity index (χ4n) is 2.86. The summed E-state index contributed by atoms with van der Waals surface area (Å²) in [7, 11) is 0. The summed E-state index contributed by atoms with van der Waals surface area (Å²) in [6.07, 6.45) is 2.65. The van der Waals surface area contributed by atoms with Crippen LogP contribution < -0.4 is 10.6 Å². The molecule has 144 valence electrons. The molecular weight excluding hydrogens is 318 g/mol. The highest BCUT2D eigenvalue weighted by Crippen LogP contribution is 2.28. The third kappa shape index (κ3) is 8.05. The Kier molecular flexibility index (Phi) is 8.48. The Balaban J connectivity index is 1.69. The zero-order valence-electron chi connectivity index (χ0n) is 16.1. The Labute approximate surface area is 152 Å². The standard InChI is InChI=1S/C18H35N5O2/c1-4-19-18(20-7-12-25-14-16-5-6-16)23-10-8-22(9-11-23)13-17(24)21-15(2)3/h15-16H,4-14H2,1-3H3,(H,19,20)(H,21,24). The number of rotatable bonds is 9. The minimum Gasteiger partial charge on any atom is -0.379 e. The largest absolute Gasteiger partial charge is 0.379 e. The monoisotopic (exact) mass is 353 g/mol. The van der Waals surface area contributed by atoms with Crippen LogP contribution in [0, 0.1) is 5.92 Å². The van der Waals surface area contributed by atoms with Crippen molar-refractivity contribution in [1.82, 2.24) is 20.4 Å². The molecule has 1 aliphatic carbocycles. The van der Waals surface area contributed by atoms with Crippen LogP contribution in [0.25, 0.3) is 0 Å². The zero-order chi connectivity index (χ0) is 18.1. The number of piperazine rings is 1. The summed E-state index contributed by atoms with van der Waals surface area (Å²) in [6.45, 7) is 13.2. The number of hydrogen-bond donors (Lipinski definition) is 2. The van der Waals surface area contributed by atoms with Crippen molar-refractivity contribution in [3.63, 3.8) is 0 Å². The van der Waals surface area contributed by atoms with Gasteiger partial charge in [0, 0.05) is 45.4 Å². The summed E-state index contributed by atoms with van der Waals surface area (Å²) >= 11 is 0. The van der Waals surface area contributed by atoms with Gasteiger partial charge in [-0.05, 0) is 39.5 Å². The number of ether oxygens (including phenoxy) is 1. The SMILES string of the molecule is CCNC(=NCCOCC1CC1)N1CCN(CC(=O)NC(C)C)CC1. The van der Waals surface area contributed by atoms with Crippen molar-refractivity contribution >= 4 is 11.9 Å². The third-order valence-electron chi connectivity index (χ3n) is 4.37. The van der Waals surface area contributed by atoms with E-state index in [1.54, 1.807) is 0 Å². The van der Waals surface area contributed by atoms with Gasteiger partial charge in [0.15, 0.2) is 5.96 Å². The fourth-order valence-corrected chi connectivity index (χ4v) is 2.86. The fraction of sp³-hybridized carbons (Fsp3) is 0.889. The van der Waals surface area contributed by atoms with Gasteiger partial charge in [0.25, 0.3) is 0 Å². The van der Waals surface area contributed by atoms with E-state index in [2.05, 4.69) is 32.3 Å². The molecule has 1 aliphatic heterocycles. The molecule has 7 nitrogen and oxygen atoms in total. The maximum absolute atomic E-state index is 11.9. The van der Waals surface area contributed by atoms with E-state index in [1.807, 2.05) is 13.8 Å². The number of carbonyl (C=O) groups excluding carboxylic acids is 1. The third-order valence-corrected chi connectivity index (χ3v) is 4.37. The van der Waals surface area contributed by atoms with E-state index in [1.165, 1.54) is 12.8 Å². The summed E-state index contributed by atoms with van der Waals surface area (Å²) in [5.74, 6) is 1.87. The Morgan fingerprint density at radius 3 is 2.56 bits per heavy atom.